The minimum Gasteiger partial charge on any atom is -0.481 e. The van der Waals surface area contributed by atoms with Crippen molar-refractivity contribution in [2.45, 2.75) is 13.0 Å². The Morgan fingerprint density at radius 1 is 1.67 bits per heavy atom. The Kier molecular flexibility index (Phi) is 3.43. The quantitative estimate of drug-likeness (QED) is 0.721. The van der Waals surface area contributed by atoms with Crippen molar-refractivity contribution in [2.75, 3.05) is 18.5 Å². The fraction of sp³-hybridized carbons (Fsp3) is 0.556. The summed E-state index contributed by atoms with van der Waals surface area (Å²) in [5, 5.41) is 18.3. The first kappa shape index (κ1) is 12.7. The number of aromatic nitrogens is 2. The van der Waals surface area contributed by atoms with Crippen LogP contribution in [0.15, 0.2) is 6.20 Å². The molecule has 2 unspecified atom stereocenters. The van der Waals surface area contributed by atoms with E-state index in [-0.39, 0.29) is 13.2 Å². The fourth-order valence-electron chi connectivity index (χ4n) is 1.61. The van der Waals surface area contributed by atoms with Crippen molar-refractivity contribution < 1.29 is 19.4 Å². The van der Waals surface area contributed by atoms with E-state index < -0.39 is 23.5 Å². The van der Waals surface area contributed by atoms with Crippen molar-refractivity contribution in [3.63, 3.8) is 0 Å². The van der Waals surface area contributed by atoms with Crippen LogP contribution in [-0.2, 0) is 9.53 Å². The minimum atomic E-state index is -1.11. The van der Waals surface area contributed by atoms with Crippen LogP contribution in [0.5, 0.6) is 0 Å². The first-order chi connectivity index (χ1) is 8.52. The van der Waals surface area contributed by atoms with E-state index in [0.717, 1.165) is 11.5 Å². The summed E-state index contributed by atoms with van der Waals surface area (Å²) in [6.45, 7) is 1.80. The number of rotatable bonds is 3. The van der Waals surface area contributed by atoms with E-state index in [1.165, 1.54) is 6.20 Å². The van der Waals surface area contributed by atoms with E-state index in [4.69, 9.17) is 9.84 Å². The molecule has 1 fully saturated rings. The van der Waals surface area contributed by atoms with Crippen LogP contribution in [0.25, 0.3) is 0 Å². The number of hydrogen-bond donors (Lipinski definition) is 3. The zero-order chi connectivity index (χ0) is 13.2. The number of carbonyl (C=O) groups excluding carboxylic acids is 1. The highest BCUT2D eigenvalue weighted by atomic mass is 32.1. The van der Waals surface area contributed by atoms with Crippen LogP contribution in [0.1, 0.15) is 6.92 Å². The predicted molar refractivity (Wildman–Crippen MR) is 62.4 cm³/mol. The van der Waals surface area contributed by atoms with Crippen LogP contribution in [-0.4, -0.2) is 45.9 Å². The standard InChI is InChI=1S/C9H12N4O4S/c1-9(7(14)15)4-17-3-5(9)11-8(16)12-6-2-10-13-18-6/h2,5H,3-4H2,1H3,(H,14,15)(H2,11,12,16). The molecule has 18 heavy (non-hydrogen) atoms. The number of carboxylic acid groups (broad SMARTS) is 1. The molecule has 2 amide bonds. The average Bonchev–Trinajstić information content (AvgIpc) is 2.90. The lowest BCUT2D eigenvalue weighted by atomic mass is 9.85. The second-order valence-electron chi connectivity index (χ2n) is 4.17. The Hall–Kier alpha value is -1.74. The third-order valence-electron chi connectivity index (χ3n) is 2.85. The van der Waals surface area contributed by atoms with Gasteiger partial charge < -0.3 is 15.2 Å². The molecule has 0 aromatic carbocycles. The van der Waals surface area contributed by atoms with Gasteiger partial charge in [-0.05, 0) is 6.92 Å². The molecule has 0 spiro atoms. The normalized spacial score (nSPS) is 26.8. The molecule has 1 aliphatic rings. The maximum atomic E-state index is 11.7. The molecule has 8 nitrogen and oxygen atoms in total. The smallest absolute Gasteiger partial charge is 0.320 e. The molecule has 0 radical (unpaired) electrons. The van der Waals surface area contributed by atoms with E-state index in [2.05, 4.69) is 20.2 Å². The number of ether oxygens (including phenoxy) is 1. The van der Waals surface area contributed by atoms with Gasteiger partial charge in [0.15, 0.2) is 0 Å². The van der Waals surface area contributed by atoms with Crippen LogP contribution >= 0.6 is 11.5 Å². The van der Waals surface area contributed by atoms with E-state index in [9.17, 15) is 9.59 Å². The molecule has 1 saturated heterocycles. The number of nitrogens with zero attached hydrogens (tertiary/aromatic N) is 2. The van der Waals surface area contributed by atoms with Crippen LogP contribution in [0.4, 0.5) is 9.80 Å². The van der Waals surface area contributed by atoms with E-state index in [1.54, 1.807) is 6.92 Å². The summed E-state index contributed by atoms with van der Waals surface area (Å²) in [5.74, 6) is -0.996. The van der Waals surface area contributed by atoms with Crippen LogP contribution in [0, 0.1) is 5.41 Å². The largest absolute Gasteiger partial charge is 0.481 e. The molecule has 9 heteroatoms. The van der Waals surface area contributed by atoms with Crippen LogP contribution in [0.3, 0.4) is 0 Å². The molecule has 2 heterocycles. The molecule has 3 N–H and O–H groups in total. The monoisotopic (exact) mass is 272 g/mol. The van der Waals surface area contributed by atoms with Crippen LogP contribution in [0.2, 0.25) is 0 Å². The van der Waals surface area contributed by atoms with Gasteiger partial charge in [-0.15, -0.1) is 5.10 Å². The van der Waals surface area contributed by atoms with Crippen molar-refractivity contribution >= 4 is 28.5 Å². The van der Waals surface area contributed by atoms with Gasteiger partial charge in [-0.3, -0.25) is 10.1 Å². The van der Waals surface area contributed by atoms with E-state index >= 15 is 0 Å². The van der Waals surface area contributed by atoms with Crippen molar-refractivity contribution in [3.05, 3.63) is 6.20 Å². The van der Waals surface area contributed by atoms with Gasteiger partial charge in [-0.1, -0.05) is 4.49 Å². The second-order valence-corrected chi connectivity index (χ2v) is 4.96. The van der Waals surface area contributed by atoms with Gasteiger partial charge in [0.1, 0.15) is 10.4 Å². The third-order valence-corrected chi connectivity index (χ3v) is 3.43. The average molecular weight is 272 g/mol. The second kappa shape index (κ2) is 4.86. The number of hydrogen-bond acceptors (Lipinski definition) is 6. The first-order valence-corrected chi connectivity index (χ1v) is 5.96. The van der Waals surface area contributed by atoms with Crippen molar-refractivity contribution in [3.8, 4) is 0 Å². The fourth-order valence-corrected chi connectivity index (χ4v) is 2.03. The van der Waals surface area contributed by atoms with Gasteiger partial charge in [0.25, 0.3) is 0 Å². The topological polar surface area (TPSA) is 113 Å². The Morgan fingerprint density at radius 3 is 3.06 bits per heavy atom. The number of urea groups is 1. The molecular weight excluding hydrogens is 260 g/mol. The van der Waals surface area contributed by atoms with Crippen molar-refractivity contribution in [1.29, 1.82) is 0 Å². The number of nitrogens with one attached hydrogen (secondary N) is 2. The molecular formula is C9H12N4O4S. The number of amides is 2. The third kappa shape index (κ3) is 2.41. The lowest BCUT2D eigenvalue weighted by Crippen LogP contribution is -2.50. The summed E-state index contributed by atoms with van der Waals surface area (Å²) in [6.07, 6.45) is 1.41. The minimum absolute atomic E-state index is 0.0788. The molecule has 1 aliphatic heterocycles. The van der Waals surface area contributed by atoms with Gasteiger partial charge in [-0.2, -0.15) is 0 Å². The number of carboxylic acids is 1. The van der Waals surface area contributed by atoms with Crippen molar-refractivity contribution in [1.82, 2.24) is 14.9 Å². The molecule has 0 bridgehead atoms. The Morgan fingerprint density at radius 2 is 2.44 bits per heavy atom. The molecule has 1 aromatic heterocycles. The highest BCUT2D eigenvalue weighted by Crippen LogP contribution is 2.28. The summed E-state index contributed by atoms with van der Waals surface area (Å²) in [6, 6.07) is -1.07. The zero-order valence-electron chi connectivity index (χ0n) is 9.54. The van der Waals surface area contributed by atoms with Gasteiger partial charge in [0, 0.05) is 11.5 Å². The maximum absolute atomic E-state index is 11.7. The number of aliphatic carboxylic acids is 1. The summed E-state index contributed by atoms with van der Waals surface area (Å²) in [7, 11) is 0. The molecule has 1 aromatic rings. The molecule has 2 rings (SSSR count). The molecule has 0 aliphatic carbocycles. The molecule has 2 atom stereocenters. The summed E-state index contributed by atoms with van der Waals surface area (Å²) < 4.78 is 8.72. The molecule has 0 saturated carbocycles. The van der Waals surface area contributed by atoms with Gasteiger partial charge >= 0.3 is 12.0 Å². The maximum Gasteiger partial charge on any atom is 0.320 e. The zero-order valence-corrected chi connectivity index (χ0v) is 10.4. The van der Waals surface area contributed by atoms with Gasteiger partial charge in [-0.25, -0.2) is 4.79 Å². The SMILES string of the molecule is CC1(C(=O)O)COCC1NC(=O)Nc1cnns1. The number of anilines is 1. The predicted octanol–water partition coefficient (Wildman–Crippen LogP) is 0.149. The summed E-state index contributed by atoms with van der Waals surface area (Å²) in [5.41, 5.74) is -1.11. The first-order valence-electron chi connectivity index (χ1n) is 5.18. The van der Waals surface area contributed by atoms with Crippen LogP contribution < -0.4 is 10.6 Å². The summed E-state index contributed by atoms with van der Waals surface area (Å²) in [4.78, 5) is 22.8. The van der Waals surface area contributed by atoms with Gasteiger partial charge in [0.05, 0.1) is 25.5 Å². The Labute approximate surface area is 106 Å². The van der Waals surface area contributed by atoms with E-state index in [1.807, 2.05) is 0 Å². The molecule has 98 valence electrons. The highest BCUT2D eigenvalue weighted by Gasteiger charge is 2.47. The Balaban J connectivity index is 1.96. The Bertz CT molecular complexity index is 451. The lowest BCUT2D eigenvalue weighted by Gasteiger charge is -2.25. The van der Waals surface area contributed by atoms with Gasteiger partial charge in [0.2, 0.25) is 0 Å². The highest BCUT2D eigenvalue weighted by molar-refractivity contribution is 7.10. The van der Waals surface area contributed by atoms with E-state index in [0.29, 0.717) is 5.00 Å². The number of carbonyl (C=O) groups is 2. The van der Waals surface area contributed by atoms with Crippen molar-refractivity contribution in [2.24, 2.45) is 5.41 Å². The lowest BCUT2D eigenvalue weighted by molar-refractivity contribution is -0.148. The summed E-state index contributed by atoms with van der Waals surface area (Å²) >= 11 is 1.03.